The third-order valence-electron chi connectivity index (χ3n) is 2.00. The van der Waals surface area contributed by atoms with Crippen molar-refractivity contribution in [3.05, 3.63) is 11.1 Å². The van der Waals surface area contributed by atoms with Crippen molar-refractivity contribution in [3.8, 4) is 0 Å². The summed E-state index contributed by atoms with van der Waals surface area (Å²) in [7, 11) is 0. The van der Waals surface area contributed by atoms with Crippen LogP contribution in [-0.4, -0.2) is 30.1 Å². The average molecular weight is 279 g/mol. The maximum absolute atomic E-state index is 11.3. The fraction of sp³-hybridized carbons (Fsp3) is 0.667. The fourth-order valence-electron chi connectivity index (χ4n) is 1.25. The van der Waals surface area contributed by atoms with Crippen LogP contribution in [0.25, 0.3) is 0 Å². The Labute approximate surface area is 97.2 Å². The Morgan fingerprint density at radius 3 is 2.71 bits per heavy atom. The van der Waals surface area contributed by atoms with Gasteiger partial charge in [-0.15, -0.1) is 0 Å². The molecule has 2 N–H and O–H groups in total. The van der Waals surface area contributed by atoms with E-state index in [1.165, 1.54) is 0 Å². The van der Waals surface area contributed by atoms with Crippen LogP contribution in [0.1, 0.15) is 12.8 Å². The Balaban J connectivity index is 2.15. The van der Waals surface area contributed by atoms with Gasteiger partial charge in [0.1, 0.15) is 0 Å². The number of carbonyl (C=O) groups excluding carboxylic acids is 1. The van der Waals surface area contributed by atoms with Crippen LogP contribution in [0.3, 0.4) is 0 Å². The highest BCUT2D eigenvalue weighted by atomic mass is 79.9. The average Bonchev–Trinajstić information content (AvgIpc) is 2.16. The molecule has 1 saturated heterocycles. The zero-order valence-corrected chi connectivity index (χ0v) is 10.4. The Morgan fingerprint density at radius 2 is 2.14 bits per heavy atom. The molecule has 1 aliphatic heterocycles. The van der Waals surface area contributed by atoms with Crippen LogP contribution < -0.4 is 10.6 Å². The first-order valence-corrected chi connectivity index (χ1v) is 6.58. The number of thioether (sulfide) groups is 1. The smallest absolute Gasteiger partial charge is 0.315 e. The van der Waals surface area contributed by atoms with E-state index in [9.17, 15) is 4.79 Å². The maximum Gasteiger partial charge on any atom is 0.315 e. The number of urea groups is 1. The molecule has 0 unspecified atom stereocenters. The zero-order chi connectivity index (χ0) is 10.4. The van der Waals surface area contributed by atoms with Crippen molar-refractivity contribution < 1.29 is 4.79 Å². The van der Waals surface area contributed by atoms with Gasteiger partial charge >= 0.3 is 6.03 Å². The molecule has 0 radical (unpaired) electrons. The summed E-state index contributed by atoms with van der Waals surface area (Å²) in [6.07, 6.45) is 2.15. The number of hydrogen-bond acceptors (Lipinski definition) is 2. The lowest BCUT2D eigenvalue weighted by molar-refractivity contribution is 0.237. The first-order chi connectivity index (χ1) is 6.68. The summed E-state index contributed by atoms with van der Waals surface area (Å²) in [6, 6.07) is 0.252. The molecular formula is C9H15BrN2OS. The van der Waals surface area contributed by atoms with Gasteiger partial charge in [-0.1, -0.05) is 22.5 Å². The minimum atomic E-state index is -0.0949. The third-order valence-corrected chi connectivity index (χ3v) is 3.33. The molecule has 14 heavy (non-hydrogen) atoms. The quantitative estimate of drug-likeness (QED) is 0.830. The SMILES string of the molecule is C=C(Br)CNC(=O)NC1CCSCC1. The van der Waals surface area contributed by atoms with E-state index in [1.54, 1.807) is 0 Å². The van der Waals surface area contributed by atoms with Crippen molar-refractivity contribution in [2.45, 2.75) is 18.9 Å². The largest absolute Gasteiger partial charge is 0.335 e. The van der Waals surface area contributed by atoms with Crippen molar-refractivity contribution in [2.24, 2.45) is 0 Å². The van der Waals surface area contributed by atoms with E-state index < -0.39 is 0 Å². The van der Waals surface area contributed by atoms with Crippen molar-refractivity contribution in [2.75, 3.05) is 18.1 Å². The van der Waals surface area contributed by atoms with Gasteiger partial charge in [0, 0.05) is 10.5 Å². The molecule has 0 aromatic heterocycles. The number of amides is 2. The molecule has 0 saturated carbocycles. The summed E-state index contributed by atoms with van der Waals surface area (Å²) in [5, 5.41) is 5.68. The predicted molar refractivity (Wildman–Crippen MR) is 64.9 cm³/mol. The lowest BCUT2D eigenvalue weighted by Gasteiger charge is -2.22. The van der Waals surface area contributed by atoms with E-state index in [-0.39, 0.29) is 6.03 Å². The van der Waals surface area contributed by atoms with Gasteiger partial charge in [0.25, 0.3) is 0 Å². The highest BCUT2D eigenvalue weighted by Crippen LogP contribution is 2.16. The summed E-state index contributed by atoms with van der Waals surface area (Å²) < 4.78 is 0.784. The summed E-state index contributed by atoms with van der Waals surface area (Å²) in [6.45, 7) is 4.12. The summed E-state index contributed by atoms with van der Waals surface area (Å²) in [5.74, 6) is 2.30. The molecule has 5 heteroatoms. The van der Waals surface area contributed by atoms with Crippen LogP contribution in [0.5, 0.6) is 0 Å². The second-order valence-electron chi connectivity index (χ2n) is 3.23. The summed E-state index contributed by atoms with van der Waals surface area (Å²) >= 11 is 5.14. The molecule has 1 rings (SSSR count). The molecule has 1 heterocycles. The van der Waals surface area contributed by atoms with Crippen molar-refractivity contribution in [1.82, 2.24) is 10.6 Å². The number of hydrogen-bond donors (Lipinski definition) is 2. The first kappa shape index (κ1) is 11.9. The van der Waals surface area contributed by atoms with E-state index in [0.717, 1.165) is 28.8 Å². The van der Waals surface area contributed by atoms with Crippen LogP contribution in [0.2, 0.25) is 0 Å². The molecule has 0 bridgehead atoms. The molecule has 2 amide bonds. The molecule has 0 aliphatic carbocycles. The van der Waals surface area contributed by atoms with Gasteiger partial charge in [0.05, 0.1) is 6.54 Å². The maximum atomic E-state index is 11.3. The Bertz CT molecular complexity index is 217. The van der Waals surface area contributed by atoms with Crippen molar-refractivity contribution in [3.63, 3.8) is 0 Å². The fourth-order valence-corrected chi connectivity index (χ4v) is 2.50. The molecule has 3 nitrogen and oxygen atoms in total. The Kier molecular flexibility index (Phi) is 5.40. The molecule has 80 valence electrons. The van der Waals surface area contributed by atoms with Gasteiger partial charge in [-0.25, -0.2) is 4.79 Å². The number of nitrogens with one attached hydrogen (secondary N) is 2. The van der Waals surface area contributed by atoms with Crippen LogP contribution in [0.4, 0.5) is 4.79 Å². The van der Waals surface area contributed by atoms with E-state index in [1.807, 2.05) is 11.8 Å². The summed E-state index contributed by atoms with van der Waals surface area (Å²) in [5.41, 5.74) is 0. The number of rotatable bonds is 3. The van der Waals surface area contributed by atoms with Crippen molar-refractivity contribution in [1.29, 1.82) is 0 Å². The molecule has 0 aromatic rings. The van der Waals surface area contributed by atoms with Crippen LogP contribution in [-0.2, 0) is 0 Å². The standard InChI is InChI=1S/C9H15BrN2OS/c1-7(10)6-11-9(13)12-8-2-4-14-5-3-8/h8H,1-6H2,(H2,11,12,13). The molecule has 0 atom stereocenters. The number of halogens is 1. The second kappa shape index (κ2) is 6.35. The summed E-state index contributed by atoms with van der Waals surface area (Å²) in [4.78, 5) is 11.3. The molecule has 0 spiro atoms. The van der Waals surface area contributed by atoms with Gasteiger partial charge in [-0.3, -0.25) is 0 Å². The molecule has 1 aliphatic rings. The minimum absolute atomic E-state index is 0.0949. The second-order valence-corrected chi connectivity index (χ2v) is 5.58. The molecule has 1 fully saturated rings. The highest BCUT2D eigenvalue weighted by Gasteiger charge is 2.15. The third kappa shape index (κ3) is 4.91. The Morgan fingerprint density at radius 1 is 1.50 bits per heavy atom. The van der Waals surface area contributed by atoms with Crippen LogP contribution in [0.15, 0.2) is 11.1 Å². The first-order valence-electron chi connectivity index (χ1n) is 4.64. The van der Waals surface area contributed by atoms with E-state index in [4.69, 9.17) is 0 Å². The molecular weight excluding hydrogens is 264 g/mol. The van der Waals surface area contributed by atoms with E-state index in [0.29, 0.717) is 12.6 Å². The van der Waals surface area contributed by atoms with E-state index >= 15 is 0 Å². The van der Waals surface area contributed by atoms with Gasteiger partial charge in [-0.05, 0) is 24.3 Å². The van der Waals surface area contributed by atoms with Crippen LogP contribution >= 0.6 is 27.7 Å². The van der Waals surface area contributed by atoms with Gasteiger partial charge in [0.2, 0.25) is 0 Å². The van der Waals surface area contributed by atoms with Crippen molar-refractivity contribution >= 4 is 33.7 Å². The lowest BCUT2D eigenvalue weighted by Crippen LogP contribution is -2.43. The minimum Gasteiger partial charge on any atom is -0.335 e. The van der Waals surface area contributed by atoms with Gasteiger partial charge in [0.15, 0.2) is 0 Å². The predicted octanol–water partition coefficient (Wildman–Crippen LogP) is 2.09. The Hall–Kier alpha value is -0.160. The molecule has 0 aromatic carbocycles. The topological polar surface area (TPSA) is 41.1 Å². The van der Waals surface area contributed by atoms with Crippen LogP contribution in [0, 0.1) is 0 Å². The normalized spacial score (nSPS) is 17.5. The zero-order valence-electron chi connectivity index (χ0n) is 8.01. The van der Waals surface area contributed by atoms with Gasteiger partial charge in [-0.2, -0.15) is 11.8 Å². The highest BCUT2D eigenvalue weighted by molar-refractivity contribution is 9.11. The van der Waals surface area contributed by atoms with E-state index in [2.05, 4.69) is 33.1 Å². The monoisotopic (exact) mass is 278 g/mol. The number of carbonyl (C=O) groups is 1. The lowest BCUT2D eigenvalue weighted by atomic mass is 10.2. The van der Waals surface area contributed by atoms with Gasteiger partial charge < -0.3 is 10.6 Å².